The number of carbonyl (C=O) groups excluding carboxylic acids is 2. The molecule has 186 valence electrons. The van der Waals surface area contributed by atoms with Crippen molar-refractivity contribution in [3.63, 3.8) is 0 Å². The van der Waals surface area contributed by atoms with Crippen molar-refractivity contribution in [2.24, 2.45) is 0 Å². The maximum atomic E-state index is 13.5. The Hall–Kier alpha value is -4.58. The molecule has 0 aliphatic carbocycles. The number of ether oxygens (including phenoxy) is 2. The highest BCUT2D eigenvalue weighted by Crippen LogP contribution is 2.41. The van der Waals surface area contributed by atoms with E-state index in [-0.39, 0.29) is 17.9 Å². The Morgan fingerprint density at radius 2 is 1.54 bits per heavy atom. The molecule has 1 aliphatic rings. The topological polar surface area (TPSA) is 76.1 Å². The number of benzene rings is 4. The summed E-state index contributed by atoms with van der Waals surface area (Å²) >= 11 is 0. The summed E-state index contributed by atoms with van der Waals surface area (Å²) in [6.07, 6.45) is 0. The van der Waals surface area contributed by atoms with Crippen LogP contribution in [0.25, 0.3) is 16.5 Å². The van der Waals surface area contributed by atoms with Crippen molar-refractivity contribution in [2.45, 2.75) is 19.5 Å². The fourth-order valence-corrected chi connectivity index (χ4v) is 4.81. The fourth-order valence-electron chi connectivity index (χ4n) is 4.81. The highest BCUT2D eigenvalue weighted by atomic mass is 16.5. The lowest BCUT2D eigenvalue weighted by atomic mass is 9.93. The minimum absolute atomic E-state index is 0.0685. The van der Waals surface area contributed by atoms with Gasteiger partial charge in [0, 0.05) is 12.1 Å². The van der Waals surface area contributed by atoms with Gasteiger partial charge < -0.3 is 19.5 Å². The van der Waals surface area contributed by atoms with Crippen molar-refractivity contribution in [2.75, 3.05) is 13.7 Å². The van der Waals surface area contributed by atoms with E-state index < -0.39 is 17.7 Å². The van der Waals surface area contributed by atoms with E-state index in [4.69, 9.17) is 9.47 Å². The number of hydrogen-bond donors (Lipinski definition) is 1. The summed E-state index contributed by atoms with van der Waals surface area (Å²) in [5.41, 5.74) is 2.12. The minimum Gasteiger partial charge on any atom is -0.507 e. The number of ketones is 1. The summed E-state index contributed by atoms with van der Waals surface area (Å²) in [7, 11) is 1.59. The number of aliphatic hydroxyl groups excluding tert-OH is 1. The number of hydrogen-bond acceptors (Lipinski definition) is 5. The first-order valence-electron chi connectivity index (χ1n) is 12.1. The first-order valence-corrected chi connectivity index (χ1v) is 12.1. The van der Waals surface area contributed by atoms with E-state index >= 15 is 0 Å². The number of aliphatic hydroxyl groups is 1. The Bertz CT molecular complexity index is 1480. The van der Waals surface area contributed by atoms with Gasteiger partial charge in [-0.1, -0.05) is 66.7 Å². The van der Waals surface area contributed by atoms with Crippen LogP contribution in [0.5, 0.6) is 11.5 Å². The average Bonchev–Trinajstić information content (AvgIpc) is 3.18. The molecular formula is C31H27NO5. The standard InChI is InChI=1S/C31H27NO5/c1-3-37-24-17-13-22(14-18-24)28-27(29(33)26-10-6-8-21-7-4-5-9-25(21)26)30(34)31(35)32(28)19-20-11-15-23(36-2)16-12-20/h4-18,28,33H,3,19H2,1-2H3/b29-27-. The SMILES string of the molecule is CCOc1ccc(C2/C(=C(/O)c3cccc4ccccc34)C(=O)C(=O)N2Cc2ccc(OC)cc2)cc1. The van der Waals surface area contributed by atoms with Crippen molar-refractivity contribution in [3.8, 4) is 11.5 Å². The van der Waals surface area contributed by atoms with Gasteiger partial charge in [0.25, 0.3) is 11.7 Å². The molecule has 1 amide bonds. The van der Waals surface area contributed by atoms with E-state index in [0.29, 0.717) is 29.2 Å². The highest BCUT2D eigenvalue weighted by Gasteiger charge is 2.46. The lowest BCUT2D eigenvalue weighted by molar-refractivity contribution is -0.140. The predicted octanol–water partition coefficient (Wildman–Crippen LogP) is 5.87. The monoisotopic (exact) mass is 493 g/mol. The van der Waals surface area contributed by atoms with E-state index in [1.807, 2.05) is 91.9 Å². The smallest absolute Gasteiger partial charge is 0.295 e. The largest absolute Gasteiger partial charge is 0.507 e. The second-order valence-electron chi connectivity index (χ2n) is 8.80. The van der Waals surface area contributed by atoms with Gasteiger partial charge in [-0.25, -0.2) is 0 Å². The molecule has 0 bridgehead atoms. The first-order chi connectivity index (χ1) is 18.0. The average molecular weight is 494 g/mol. The van der Waals surface area contributed by atoms with Crippen LogP contribution in [-0.4, -0.2) is 35.4 Å². The summed E-state index contributed by atoms with van der Waals surface area (Å²) in [4.78, 5) is 28.3. The molecule has 1 aliphatic heterocycles. The van der Waals surface area contributed by atoms with E-state index in [9.17, 15) is 14.7 Å². The van der Waals surface area contributed by atoms with Crippen molar-refractivity contribution in [3.05, 3.63) is 113 Å². The van der Waals surface area contributed by atoms with Crippen LogP contribution in [0.15, 0.2) is 96.6 Å². The molecule has 6 nitrogen and oxygen atoms in total. The molecule has 1 fully saturated rings. The van der Waals surface area contributed by atoms with Crippen LogP contribution >= 0.6 is 0 Å². The Kier molecular flexibility index (Phi) is 6.64. The summed E-state index contributed by atoms with van der Waals surface area (Å²) < 4.78 is 10.8. The number of likely N-dealkylation sites (tertiary alicyclic amines) is 1. The zero-order valence-corrected chi connectivity index (χ0v) is 20.7. The van der Waals surface area contributed by atoms with E-state index in [2.05, 4.69) is 0 Å². The molecule has 4 aromatic carbocycles. The van der Waals surface area contributed by atoms with Crippen LogP contribution in [0.2, 0.25) is 0 Å². The molecule has 6 heteroatoms. The van der Waals surface area contributed by atoms with Gasteiger partial charge in [-0.3, -0.25) is 9.59 Å². The number of fused-ring (bicyclic) bond motifs is 1. The lowest BCUT2D eigenvalue weighted by Crippen LogP contribution is -2.29. The minimum atomic E-state index is -0.767. The van der Waals surface area contributed by atoms with Crippen LogP contribution in [0, 0.1) is 0 Å². The molecule has 1 unspecified atom stereocenters. The Balaban J connectivity index is 1.65. The quantitative estimate of drug-likeness (QED) is 0.198. The second kappa shape index (κ2) is 10.2. The molecule has 0 saturated carbocycles. The molecule has 0 aromatic heterocycles. The molecule has 0 spiro atoms. The van der Waals surface area contributed by atoms with Gasteiger partial charge in [0.2, 0.25) is 0 Å². The molecule has 5 rings (SSSR count). The summed E-state index contributed by atoms with van der Waals surface area (Å²) in [6.45, 7) is 2.62. The molecule has 4 aromatic rings. The Morgan fingerprint density at radius 3 is 2.24 bits per heavy atom. The molecule has 37 heavy (non-hydrogen) atoms. The maximum absolute atomic E-state index is 13.5. The summed E-state index contributed by atoms with van der Waals surface area (Å²) in [5, 5.41) is 13.3. The van der Waals surface area contributed by atoms with Gasteiger partial charge >= 0.3 is 0 Å². The molecule has 0 radical (unpaired) electrons. The van der Waals surface area contributed by atoms with Crippen LogP contribution in [-0.2, 0) is 16.1 Å². The van der Waals surface area contributed by atoms with Crippen LogP contribution in [0.3, 0.4) is 0 Å². The summed E-state index contributed by atoms with van der Waals surface area (Å²) in [5.74, 6) is -0.169. The van der Waals surface area contributed by atoms with Crippen LogP contribution in [0.1, 0.15) is 29.7 Å². The Morgan fingerprint density at radius 1 is 0.865 bits per heavy atom. The highest BCUT2D eigenvalue weighted by molar-refractivity contribution is 6.46. The number of rotatable bonds is 7. The van der Waals surface area contributed by atoms with Gasteiger partial charge in [-0.05, 0) is 53.1 Å². The third-order valence-electron chi connectivity index (χ3n) is 6.60. The van der Waals surface area contributed by atoms with E-state index in [1.165, 1.54) is 4.90 Å². The van der Waals surface area contributed by atoms with Crippen LogP contribution < -0.4 is 9.47 Å². The number of amides is 1. The second-order valence-corrected chi connectivity index (χ2v) is 8.80. The number of nitrogens with zero attached hydrogens (tertiary/aromatic N) is 1. The summed E-state index contributed by atoms with van der Waals surface area (Å²) in [6, 6.07) is 27.0. The van der Waals surface area contributed by atoms with E-state index in [0.717, 1.165) is 16.3 Å². The van der Waals surface area contributed by atoms with Crippen molar-refractivity contribution in [1.82, 2.24) is 4.90 Å². The zero-order chi connectivity index (χ0) is 25.9. The Labute approximate surface area is 215 Å². The molecule has 1 atom stereocenters. The van der Waals surface area contributed by atoms with Gasteiger partial charge in [-0.15, -0.1) is 0 Å². The van der Waals surface area contributed by atoms with Gasteiger partial charge in [0.1, 0.15) is 17.3 Å². The van der Waals surface area contributed by atoms with Gasteiger partial charge in [0.15, 0.2) is 0 Å². The lowest BCUT2D eigenvalue weighted by Gasteiger charge is -2.26. The number of Topliss-reactive ketones (excluding diaryl/α,β-unsaturated/α-hetero) is 1. The van der Waals surface area contributed by atoms with E-state index in [1.54, 1.807) is 13.2 Å². The number of methoxy groups -OCH3 is 1. The third kappa shape index (κ3) is 4.54. The van der Waals surface area contributed by atoms with Crippen LogP contribution in [0.4, 0.5) is 0 Å². The maximum Gasteiger partial charge on any atom is 0.295 e. The molecule has 1 N–H and O–H groups in total. The van der Waals surface area contributed by atoms with Crippen molar-refractivity contribution < 1.29 is 24.2 Å². The molecule has 1 heterocycles. The molecular weight excluding hydrogens is 466 g/mol. The normalized spacial score (nSPS) is 16.8. The number of carbonyl (C=O) groups is 2. The zero-order valence-electron chi connectivity index (χ0n) is 20.7. The predicted molar refractivity (Wildman–Crippen MR) is 142 cm³/mol. The first kappa shape index (κ1) is 24.1. The van der Waals surface area contributed by atoms with Gasteiger partial charge in [0.05, 0.1) is 25.3 Å². The fraction of sp³-hybridized carbons (Fsp3) is 0.161. The van der Waals surface area contributed by atoms with Crippen molar-refractivity contribution in [1.29, 1.82) is 0 Å². The van der Waals surface area contributed by atoms with Crippen molar-refractivity contribution >= 4 is 28.2 Å². The van der Waals surface area contributed by atoms with Gasteiger partial charge in [-0.2, -0.15) is 0 Å². The molecule has 1 saturated heterocycles. The third-order valence-corrected chi connectivity index (χ3v) is 6.60.